The summed E-state index contributed by atoms with van der Waals surface area (Å²) in [5.41, 5.74) is 2.11. The van der Waals surface area contributed by atoms with Gasteiger partial charge in [-0.1, -0.05) is 30.3 Å². The molecule has 0 unspecified atom stereocenters. The number of amides is 3. The van der Waals surface area contributed by atoms with Gasteiger partial charge in [0.15, 0.2) is 0 Å². The number of benzene rings is 1. The third-order valence-corrected chi connectivity index (χ3v) is 4.67. The zero-order valence-electron chi connectivity index (χ0n) is 15.2. The highest BCUT2D eigenvalue weighted by atomic mass is 16.2. The van der Waals surface area contributed by atoms with Gasteiger partial charge in [0.05, 0.1) is 6.42 Å². The van der Waals surface area contributed by atoms with Crippen LogP contribution in [0.15, 0.2) is 48.8 Å². The lowest BCUT2D eigenvalue weighted by atomic mass is 10.2. The first kappa shape index (κ1) is 18.0. The Kier molecular flexibility index (Phi) is 5.94. The summed E-state index contributed by atoms with van der Waals surface area (Å²) in [4.78, 5) is 28.6. The van der Waals surface area contributed by atoms with Crippen molar-refractivity contribution >= 4 is 11.9 Å². The Bertz CT molecular complexity index is 741. The van der Waals surface area contributed by atoms with Crippen molar-refractivity contribution in [1.82, 2.24) is 19.7 Å². The molecule has 3 amide bonds. The van der Waals surface area contributed by atoms with Crippen molar-refractivity contribution in [2.45, 2.75) is 19.4 Å². The van der Waals surface area contributed by atoms with Crippen molar-refractivity contribution in [3.05, 3.63) is 59.9 Å². The summed E-state index contributed by atoms with van der Waals surface area (Å²) < 4.78 is 1.95. The van der Waals surface area contributed by atoms with Gasteiger partial charge in [0.25, 0.3) is 0 Å². The summed E-state index contributed by atoms with van der Waals surface area (Å²) >= 11 is 0. The van der Waals surface area contributed by atoms with E-state index < -0.39 is 0 Å². The zero-order valence-corrected chi connectivity index (χ0v) is 15.2. The van der Waals surface area contributed by atoms with E-state index in [1.54, 1.807) is 4.90 Å². The number of rotatable bonds is 4. The fourth-order valence-electron chi connectivity index (χ4n) is 3.21. The molecule has 0 bridgehead atoms. The van der Waals surface area contributed by atoms with Crippen LogP contribution in [0.25, 0.3) is 0 Å². The van der Waals surface area contributed by atoms with Crippen LogP contribution in [0.1, 0.15) is 17.5 Å². The summed E-state index contributed by atoms with van der Waals surface area (Å²) in [6.07, 6.45) is 5.14. The Hall–Kier alpha value is -2.76. The molecule has 0 radical (unpaired) electrons. The van der Waals surface area contributed by atoms with E-state index in [1.165, 1.54) is 0 Å². The molecule has 1 saturated heterocycles. The van der Waals surface area contributed by atoms with Crippen molar-refractivity contribution in [3.8, 4) is 0 Å². The predicted molar refractivity (Wildman–Crippen MR) is 101 cm³/mol. The molecule has 26 heavy (non-hydrogen) atoms. The average molecular weight is 354 g/mol. The zero-order chi connectivity index (χ0) is 18.4. The minimum absolute atomic E-state index is 0.0637. The summed E-state index contributed by atoms with van der Waals surface area (Å²) in [7, 11) is 1.95. The lowest BCUT2D eigenvalue weighted by Crippen LogP contribution is -2.42. The van der Waals surface area contributed by atoms with Crippen molar-refractivity contribution in [2.24, 2.45) is 7.05 Å². The minimum atomic E-state index is -0.0637. The van der Waals surface area contributed by atoms with Crippen LogP contribution in [0, 0.1) is 0 Å². The SMILES string of the molecule is Cn1ccc(CC(=O)N2CCCN(C(=O)NCc3ccccc3)CC2)c1. The van der Waals surface area contributed by atoms with E-state index in [4.69, 9.17) is 0 Å². The van der Waals surface area contributed by atoms with E-state index >= 15 is 0 Å². The lowest BCUT2D eigenvalue weighted by molar-refractivity contribution is -0.130. The maximum Gasteiger partial charge on any atom is 0.317 e. The fourth-order valence-corrected chi connectivity index (χ4v) is 3.21. The van der Waals surface area contributed by atoms with Crippen LogP contribution in [0.5, 0.6) is 0 Å². The second-order valence-corrected chi connectivity index (χ2v) is 6.73. The first-order valence-corrected chi connectivity index (χ1v) is 9.07. The number of nitrogens with zero attached hydrogens (tertiary/aromatic N) is 3. The topological polar surface area (TPSA) is 57.6 Å². The molecule has 1 N–H and O–H groups in total. The van der Waals surface area contributed by atoms with Gasteiger partial charge in [-0.05, 0) is 23.6 Å². The van der Waals surface area contributed by atoms with Gasteiger partial charge < -0.3 is 19.7 Å². The van der Waals surface area contributed by atoms with E-state index in [0.29, 0.717) is 39.1 Å². The number of hydrogen-bond donors (Lipinski definition) is 1. The monoisotopic (exact) mass is 354 g/mol. The number of aromatic nitrogens is 1. The second kappa shape index (κ2) is 8.56. The van der Waals surface area contributed by atoms with E-state index in [1.807, 2.05) is 65.3 Å². The highest BCUT2D eigenvalue weighted by Crippen LogP contribution is 2.08. The Morgan fingerprint density at radius 1 is 0.962 bits per heavy atom. The Morgan fingerprint density at radius 3 is 2.42 bits per heavy atom. The van der Waals surface area contributed by atoms with Gasteiger partial charge in [-0.2, -0.15) is 0 Å². The molecule has 6 nitrogen and oxygen atoms in total. The Balaban J connectivity index is 1.47. The highest BCUT2D eigenvalue weighted by molar-refractivity contribution is 5.79. The number of carbonyl (C=O) groups excluding carboxylic acids is 2. The van der Waals surface area contributed by atoms with Crippen LogP contribution in [-0.2, 0) is 24.8 Å². The first-order valence-electron chi connectivity index (χ1n) is 9.07. The molecule has 1 aromatic heterocycles. The molecule has 1 aliphatic rings. The van der Waals surface area contributed by atoms with Gasteiger partial charge in [-0.25, -0.2) is 4.79 Å². The maximum absolute atomic E-state index is 12.5. The van der Waals surface area contributed by atoms with Gasteiger partial charge in [0.1, 0.15) is 0 Å². The summed E-state index contributed by atoms with van der Waals surface area (Å²) in [5.74, 6) is 0.128. The first-order chi connectivity index (χ1) is 12.6. The normalized spacial score (nSPS) is 14.8. The van der Waals surface area contributed by atoms with Crippen LogP contribution in [-0.4, -0.2) is 52.5 Å². The number of hydrogen-bond acceptors (Lipinski definition) is 2. The molecular weight excluding hydrogens is 328 g/mol. The van der Waals surface area contributed by atoms with E-state index in [2.05, 4.69) is 5.32 Å². The molecule has 1 aliphatic heterocycles. The fraction of sp³-hybridized carbons (Fsp3) is 0.400. The van der Waals surface area contributed by atoms with Crippen molar-refractivity contribution < 1.29 is 9.59 Å². The van der Waals surface area contributed by atoms with Gasteiger partial charge in [0, 0.05) is 52.2 Å². The van der Waals surface area contributed by atoms with Crippen molar-refractivity contribution in [1.29, 1.82) is 0 Å². The third kappa shape index (κ3) is 4.88. The van der Waals surface area contributed by atoms with Gasteiger partial charge in [-0.15, -0.1) is 0 Å². The van der Waals surface area contributed by atoms with Gasteiger partial charge in [-0.3, -0.25) is 4.79 Å². The molecule has 1 fully saturated rings. The van der Waals surface area contributed by atoms with Crippen LogP contribution in [0.4, 0.5) is 4.79 Å². The van der Waals surface area contributed by atoms with Gasteiger partial charge >= 0.3 is 6.03 Å². The number of urea groups is 1. The van der Waals surface area contributed by atoms with Crippen molar-refractivity contribution in [3.63, 3.8) is 0 Å². The van der Waals surface area contributed by atoms with E-state index in [-0.39, 0.29) is 11.9 Å². The molecule has 0 spiro atoms. The molecule has 0 atom stereocenters. The largest absolute Gasteiger partial charge is 0.357 e. The summed E-state index contributed by atoms with van der Waals surface area (Å²) in [6.45, 7) is 3.06. The smallest absolute Gasteiger partial charge is 0.317 e. The molecule has 2 aromatic rings. The number of aryl methyl sites for hydroxylation is 1. The number of carbonyl (C=O) groups is 2. The van der Waals surface area contributed by atoms with E-state index in [9.17, 15) is 9.59 Å². The molecule has 6 heteroatoms. The quantitative estimate of drug-likeness (QED) is 0.913. The Labute approximate surface area is 154 Å². The molecule has 2 heterocycles. The van der Waals surface area contributed by atoms with Crippen LogP contribution < -0.4 is 5.32 Å². The highest BCUT2D eigenvalue weighted by Gasteiger charge is 2.22. The summed E-state index contributed by atoms with van der Waals surface area (Å²) in [5, 5.41) is 2.96. The molecule has 138 valence electrons. The maximum atomic E-state index is 12.5. The van der Waals surface area contributed by atoms with Gasteiger partial charge in [0.2, 0.25) is 5.91 Å². The molecular formula is C20H26N4O2. The average Bonchev–Trinajstić information content (AvgIpc) is 2.91. The molecule has 0 saturated carbocycles. The second-order valence-electron chi connectivity index (χ2n) is 6.73. The van der Waals surface area contributed by atoms with Crippen LogP contribution in [0.3, 0.4) is 0 Å². The molecule has 3 rings (SSSR count). The standard InChI is InChI=1S/C20H26N4O2/c1-22-11-8-18(16-22)14-19(25)23-9-5-10-24(13-12-23)20(26)21-15-17-6-3-2-4-7-17/h2-4,6-8,11,16H,5,9-10,12-15H2,1H3,(H,21,26). The van der Waals surface area contributed by atoms with Crippen LogP contribution >= 0.6 is 0 Å². The summed E-state index contributed by atoms with van der Waals surface area (Å²) in [6, 6.07) is 11.8. The number of nitrogens with one attached hydrogen (secondary N) is 1. The molecule has 0 aliphatic carbocycles. The Morgan fingerprint density at radius 2 is 1.69 bits per heavy atom. The third-order valence-electron chi connectivity index (χ3n) is 4.67. The predicted octanol–water partition coefficient (Wildman–Crippen LogP) is 2.01. The van der Waals surface area contributed by atoms with Crippen LogP contribution in [0.2, 0.25) is 0 Å². The lowest BCUT2D eigenvalue weighted by Gasteiger charge is -2.22. The van der Waals surface area contributed by atoms with E-state index in [0.717, 1.165) is 17.5 Å². The minimum Gasteiger partial charge on any atom is -0.357 e. The molecule has 1 aromatic carbocycles. The van der Waals surface area contributed by atoms with Crippen molar-refractivity contribution in [2.75, 3.05) is 26.2 Å².